The summed E-state index contributed by atoms with van der Waals surface area (Å²) in [6.45, 7) is 12.8. The van der Waals surface area contributed by atoms with Gasteiger partial charge in [-0.25, -0.2) is 4.79 Å². The summed E-state index contributed by atoms with van der Waals surface area (Å²) in [5.74, 6) is 0.760. The van der Waals surface area contributed by atoms with Crippen LogP contribution in [-0.2, 0) is 0 Å². The Morgan fingerprint density at radius 2 is 1.85 bits per heavy atom. The number of amides is 1. The molecule has 1 fully saturated rings. The maximum absolute atomic E-state index is 11.2. The molecule has 4 nitrogen and oxygen atoms in total. The molecule has 0 aromatic carbocycles. The van der Waals surface area contributed by atoms with Crippen LogP contribution in [0.4, 0.5) is 4.79 Å². The van der Waals surface area contributed by atoms with Crippen LogP contribution in [0.1, 0.15) is 60.3 Å². The van der Waals surface area contributed by atoms with Gasteiger partial charge >= 0.3 is 6.09 Å². The van der Waals surface area contributed by atoms with Crippen molar-refractivity contribution in [3.63, 3.8) is 0 Å². The normalized spacial score (nSPS) is 19.9. The molecule has 20 heavy (non-hydrogen) atoms. The van der Waals surface area contributed by atoms with Gasteiger partial charge in [-0.2, -0.15) is 0 Å². The van der Waals surface area contributed by atoms with E-state index in [1.807, 2.05) is 20.8 Å². The van der Waals surface area contributed by atoms with Gasteiger partial charge in [0.05, 0.1) is 0 Å². The number of hydrogen-bond acceptors (Lipinski definition) is 2. The number of rotatable bonds is 5. The van der Waals surface area contributed by atoms with Crippen molar-refractivity contribution in [2.75, 3.05) is 19.6 Å². The molecule has 0 atom stereocenters. The molecule has 2 N–H and O–H groups in total. The van der Waals surface area contributed by atoms with Crippen LogP contribution < -0.4 is 5.32 Å². The third-order valence-electron chi connectivity index (χ3n) is 4.44. The van der Waals surface area contributed by atoms with E-state index in [0.29, 0.717) is 12.0 Å². The van der Waals surface area contributed by atoms with Gasteiger partial charge in [-0.15, -0.1) is 0 Å². The van der Waals surface area contributed by atoms with E-state index in [4.69, 9.17) is 0 Å². The van der Waals surface area contributed by atoms with Crippen molar-refractivity contribution in [3.05, 3.63) is 0 Å². The smallest absolute Gasteiger partial charge is 0.407 e. The van der Waals surface area contributed by atoms with Crippen LogP contribution in [0, 0.1) is 11.3 Å². The molecule has 0 bridgehead atoms. The van der Waals surface area contributed by atoms with E-state index in [9.17, 15) is 9.90 Å². The highest BCUT2D eigenvalue weighted by Crippen LogP contribution is 2.37. The van der Waals surface area contributed by atoms with Crippen LogP contribution in [0.2, 0.25) is 0 Å². The summed E-state index contributed by atoms with van der Waals surface area (Å²) < 4.78 is 0. The SMILES string of the molecule is CC1(C)CCC(CNCCN(C(=O)O)C(C)(C)C)CC1. The number of carbonyl (C=O) groups is 1. The molecule has 118 valence electrons. The quantitative estimate of drug-likeness (QED) is 0.759. The summed E-state index contributed by atoms with van der Waals surface area (Å²) in [5.41, 5.74) is 0.186. The zero-order valence-electron chi connectivity index (χ0n) is 13.8. The van der Waals surface area contributed by atoms with E-state index in [-0.39, 0.29) is 5.54 Å². The number of carboxylic acid groups (broad SMARTS) is 1. The largest absolute Gasteiger partial charge is 0.465 e. The predicted octanol–water partition coefficient (Wildman–Crippen LogP) is 3.57. The minimum Gasteiger partial charge on any atom is -0.465 e. The molecule has 1 aliphatic rings. The fourth-order valence-electron chi connectivity index (χ4n) is 2.88. The number of nitrogens with zero attached hydrogens (tertiary/aromatic N) is 1. The lowest BCUT2D eigenvalue weighted by Crippen LogP contribution is -2.48. The molecule has 0 aliphatic heterocycles. The molecule has 0 aromatic heterocycles. The first kappa shape index (κ1) is 17.3. The van der Waals surface area contributed by atoms with Crippen LogP contribution >= 0.6 is 0 Å². The predicted molar refractivity (Wildman–Crippen MR) is 83.1 cm³/mol. The minimum atomic E-state index is -0.835. The van der Waals surface area contributed by atoms with Gasteiger partial charge in [-0.3, -0.25) is 0 Å². The van der Waals surface area contributed by atoms with Crippen molar-refractivity contribution in [1.29, 1.82) is 0 Å². The summed E-state index contributed by atoms with van der Waals surface area (Å²) in [4.78, 5) is 12.7. The zero-order valence-corrected chi connectivity index (χ0v) is 13.8. The lowest BCUT2D eigenvalue weighted by atomic mass is 9.73. The Labute approximate surface area is 123 Å². The topological polar surface area (TPSA) is 52.6 Å². The summed E-state index contributed by atoms with van der Waals surface area (Å²) >= 11 is 0. The minimum absolute atomic E-state index is 0.331. The van der Waals surface area contributed by atoms with Gasteiger partial charge < -0.3 is 15.3 Å². The maximum atomic E-state index is 11.2. The van der Waals surface area contributed by atoms with E-state index in [2.05, 4.69) is 19.2 Å². The average Bonchev–Trinajstić information content (AvgIpc) is 2.28. The van der Waals surface area contributed by atoms with Crippen molar-refractivity contribution in [2.45, 2.75) is 65.8 Å². The second-order valence-corrected chi connectivity index (χ2v) is 7.92. The van der Waals surface area contributed by atoms with E-state index < -0.39 is 6.09 Å². The Balaban J connectivity index is 2.23. The molecule has 1 amide bonds. The van der Waals surface area contributed by atoms with Gasteiger partial charge in [-0.1, -0.05) is 13.8 Å². The van der Waals surface area contributed by atoms with E-state index in [0.717, 1.165) is 19.0 Å². The van der Waals surface area contributed by atoms with Crippen molar-refractivity contribution in [3.8, 4) is 0 Å². The van der Waals surface area contributed by atoms with Crippen LogP contribution in [0.3, 0.4) is 0 Å². The number of hydrogen-bond donors (Lipinski definition) is 2. The molecule has 0 heterocycles. The van der Waals surface area contributed by atoms with E-state index in [1.54, 1.807) is 0 Å². The van der Waals surface area contributed by atoms with Gasteiger partial charge in [0.1, 0.15) is 0 Å². The fraction of sp³-hybridized carbons (Fsp3) is 0.938. The standard InChI is InChI=1S/C16H32N2O2/c1-15(2,3)18(14(19)20)11-10-17-12-13-6-8-16(4,5)9-7-13/h13,17H,6-12H2,1-5H3,(H,19,20). The average molecular weight is 284 g/mol. The molecule has 1 aliphatic carbocycles. The molecule has 0 spiro atoms. The first-order valence-electron chi connectivity index (χ1n) is 7.83. The van der Waals surface area contributed by atoms with Crippen LogP contribution in [-0.4, -0.2) is 41.3 Å². The molecule has 0 unspecified atom stereocenters. The van der Waals surface area contributed by atoms with Crippen LogP contribution in [0.5, 0.6) is 0 Å². The molecule has 0 aromatic rings. The van der Waals surface area contributed by atoms with Gasteiger partial charge in [0.2, 0.25) is 0 Å². The fourth-order valence-corrected chi connectivity index (χ4v) is 2.88. The van der Waals surface area contributed by atoms with Crippen molar-refractivity contribution < 1.29 is 9.90 Å². The highest BCUT2D eigenvalue weighted by atomic mass is 16.4. The van der Waals surface area contributed by atoms with Gasteiger partial charge in [0.25, 0.3) is 0 Å². The second-order valence-electron chi connectivity index (χ2n) is 7.92. The Bertz CT molecular complexity index is 311. The van der Waals surface area contributed by atoms with Crippen molar-refractivity contribution in [1.82, 2.24) is 10.2 Å². The third kappa shape index (κ3) is 5.70. The molecule has 0 saturated heterocycles. The molecular weight excluding hydrogens is 252 g/mol. The molecule has 0 radical (unpaired) electrons. The summed E-state index contributed by atoms with van der Waals surface area (Å²) in [5, 5.41) is 12.6. The Morgan fingerprint density at radius 1 is 1.30 bits per heavy atom. The lowest BCUT2D eigenvalue weighted by molar-refractivity contribution is 0.100. The molecular formula is C16H32N2O2. The Kier molecular flexibility index (Phi) is 5.87. The molecule has 1 saturated carbocycles. The second kappa shape index (κ2) is 6.79. The first-order chi connectivity index (χ1) is 9.12. The zero-order chi connectivity index (χ0) is 15.4. The maximum Gasteiger partial charge on any atom is 0.407 e. The third-order valence-corrected chi connectivity index (χ3v) is 4.44. The van der Waals surface area contributed by atoms with Crippen LogP contribution in [0.15, 0.2) is 0 Å². The van der Waals surface area contributed by atoms with Crippen LogP contribution in [0.25, 0.3) is 0 Å². The van der Waals surface area contributed by atoms with Gasteiger partial charge in [-0.05, 0) is 64.3 Å². The van der Waals surface area contributed by atoms with E-state index in [1.165, 1.54) is 30.6 Å². The molecule has 1 rings (SSSR count). The van der Waals surface area contributed by atoms with Gasteiger partial charge in [0, 0.05) is 18.6 Å². The monoisotopic (exact) mass is 284 g/mol. The summed E-state index contributed by atoms with van der Waals surface area (Å²) in [7, 11) is 0. The Morgan fingerprint density at radius 3 is 2.30 bits per heavy atom. The van der Waals surface area contributed by atoms with Gasteiger partial charge in [0.15, 0.2) is 0 Å². The number of nitrogens with one attached hydrogen (secondary N) is 1. The molecule has 4 heteroatoms. The van der Waals surface area contributed by atoms with Crippen molar-refractivity contribution >= 4 is 6.09 Å². The highest BCUT2D eigenvalue weighted by molar-refractivity contribution is 5.65. The Hall–Kier alpha value is -0.770. The van der Waals surface area contributed by atoms with E-state index >= 15 is 0 Å². The lowest BCUT2D eigenvalue weighted by Gasteiger charge is -2.35. The first-order valence-corrected chi connectivity index (χ1v) is 7.83. The highest BCUT2D eigenvalue weighted by Gasteiger charge is 2.27. The van der Waals surface area contributed by atoms with Crippen molar-refractivity contribution in [2.24, 2.45) is 11.3 Å². The summed E-state index contributed by atoms with van der Waals surface area (Å²) in [6, 6.07) is 0. The summed E-state index contributed by atoms with van der Waals surface area (Å²) in [6.07, 6.45) is 4.37.